The van der Waals surface area contributed by atoms with Gasteiger partial charge in [-0.05, 0) is 13.0 Å². The van der Waals surface area contributed by atoms with Gasteiger partial charge in [0, 0.05) is 13.5 Å². The molecule has 0 radical (unpaired) electrons. The van der Waals surface area contributed by atoms with Crippen LogP contribution in [0.1, 0.15) is 37.9 Å². The van der Waals surface area contributed by atoms with E-state index in [0.29, 0.717) is 24.8 Å². The largest absolute Gasteiger partial charge is 0.395 e. The van der Waals surface area contributed by atoms with Crippen LogP contribution >= 0.6 is 0 Å². The Bertz CT molecular complexity index is 289. The van der Waals surface area contributed by atoms with Crippen LogP contribution in [0.5, 0.6) is 0 Å². The summed E-state index contributed by atoms with van der Waals surface area (Å²) in [5, 5.41) is 12.8. The van der Waals surface area contributed by atoms with Gasteiger partial charge in [-0.15, -0.1) is 0 Å². The lowest BCUT2D eigenvalue weighted by atomic mass is 10.2. The zero-order valence-corrected chi connectivity index (χ0v) is 10.1. The second kappa shape index (κ2) is 7.35. The van der Waals surface area contributed by atoms with Gasteiger partial charge in [-0.1, -0.05) is 24.9 Å². The molecule has 0 bridgehead atoms. The first kappa shape index (κ1) is 13.1. The van der Waals surface area contributed by atoms with E-state index in [4.69, 9.17) is 9.63 Å². The number of rotatable bonds is 8. The summed E-state index contributed by atoms with van der Waals surface area (Å²) >= 11 is 0. The first-order chi connectivity index (χ1) is 7.76. The number of aryl methyl sites for hydroxylation is 1. The normalized spacial score (nSPS) is 11.2. The van der Waals surface area contributed by atoms with Gasteiger partial charge in [0.15, 0.2) is 5.82 Å². The Balaban J connectivity index is 2.37. The number of nitrogens with zero attached hydrogens (tertiary/aromatic N) is 3. The SMILES string of the molecule is CCCCCN(CCO)Cc1noc(C)n1. The molecule has 0 aliphatic heterocycles. The summed E-state index contributed by atoms with van der Waals surface area (Å²) in [7, 11) is 0. The highest BCUT2D eigenvalue weighted by Crippen LogP contribution is 2.04. The van der Waals surface area contributed by atoms with Crippen LogP contribution in [-0.2, 0) is 6.54 Å². The zero-order valence-electron chi connectivity index (χ0n) is 10.1. The van der Waals surface area contributed by atoms with Gasteiger partial charge in [0.25, 0.3) is 0 Å². The Morgan fingerprint density at radius 2 is 2.12 bits per heavy atom. The standard InChI is InChI=1S/C11H21N3O2/c1-3-4-5-6-14(7-8-15)9-11-12-10(2)16-13-11/h15H,3-9H2,1-2H3. The van der Waals surface area contributed by atoms with Crippen molar-refractivity contribution in [1.29, 1.82) is 0 Å². The minimum absolute atomic E-state index is 0.170. The molecule has 16 heavy (non-hydrogen) atoms. The lowest BCUT2D eigenvalue weighted by molar-refractivity contribution is 0.183. The summed E-state index contributed by atoms with van der Waals surface area (Å²) in [5.41, 5.74) is 0. The van der Waals surface area contributed by atoms with Crippen molar-refractivity contribution in [2.24, 2.45) is 0 Å². The van der Waals surface area contributed by atoms with Crippen LogP contribution in [-0.4, -0.2) is 39.8 Å². The number of hydrogen-bond acceptors (Lipinski definition) is 5. The van der Waals surface area contributed by atoms with Gasteiger partial charge >= 0.3 is 0 Å². The van der Waals surface area contributed by atoms with E-state index in [9.17, 15) is 0 Å². The van der Waals surface area contributed by atoms with Crippen molar-refractivity contribution in [3.8, 4) is 0 Å². The quantitative estimate of drug-likeness (QED) is 0.679. The van der Waals surface area contributed by atoms with Gasteiger partial charge in [-0.2, -0.15) is 4.98 Å². The van der Waals surface area contributed by atoms with E-state index in [1.54, 1.807) is 6.92 Å². The molecule has 0 fully saturated rings. The number of aliphatic hydroxyl groups excluding tert-OH is 1. The number of aliphatic hydroxyl groups is 1. The summed E-state index contributed by atoms with van der Waals surface area (Å²) in [6, 6.07) is 0. The first-order valence-electron chi connectivity index (χ1n) is 5.88. The number of hydrogen-bond donors (Lipinski definition) is 1. The molecule has 5 heteroatoms. The molecular formula is C11H21N3O2. The van der Waals surface area contributed by atoms with E-state index in [-0.39, 0.29) is 6.61 Å². The van der Waals surface area contributed by atoms with Crippen molar-refractivity contribution in [2.75, 3.05) is 19.7 Å². The van der Waals surface area contributed by atoms with Crippen LogP contribution < -0.4 is 0 Å². The van der Waals surface area contributed by atoms with Crippen LogP contribution in [0.3, 0.4) is 0 Å². The Kier molecular flexibility index (Phi) is 6.03. The Hall–Kier alpha value is -0.940. The van der Waals surface area contributed by atoms with Gasteiger partial charge in [0.05, 0.1) is 13.2 Å². The summed E-state index contributed by atoms with van der Waals surface area (Å²) in [6.45, 7) is 6.42. The van der Waals surface area contributed by atoms with E-state index in [1.165, 1.54) is 12.8 Å². The summed E-state index contributed by atoms with van der Waals surface area (Å²) < 4.78 is 4.92. The predicted molar refractivity (Wildman–Crippen MR) is 60.9 cm³/mol. The highest BCUT2D eigenvalue weighted by molar-refractivity contribution is 4.83. The molecule has 0 amide bonds. The molecule has 0 saturated heterocycles. The third-order valence-electron chi connectivity index (χ3n) is 2.43. The topological polar surface area (TPSA) is 62.4 Å². The monoisotopic (exact) mass is 227 g/mol. The molecule has 0 spiro atoms. The predicted octanol–water partition coefficient (Wildman–Crippen LogP) is 1.36. The van der Waals surface area contributed by atoms with Crippen molar-refractivity contribution in [1.82, 2.24) is 15.0 Å². The van der Waals surface area contributed by atoms with E-state index in [2.05, 4.69) is 22.0 Å². The van der Waals surface area contributed by atoms with Gasteiger partial charge in [0.1, 0.15) is 0 Å². The van der Waals surface area contributed by atoms with E-state index < -0.39 is 0 Å². The molecule has 0 saturated carbocycles. The smallest absolute Gasteiger partial charge is 0.223 e. The third-order valence-corrected chi connectivity index (χ3v) is 2.43. The average Bonchev–Trinajstić information content (AvgIpc) is 2.65. The highest BCUT2D eigenvalue weighted by Gasteiger charge is 2.09. The van der Waals surface area contributed by atoms with Crippen molar-refractivity contribution in [2.45, 2.75) is 39.7 Å². The Morgan fingerprint density at radius 1 is 1.31 bits per heavy atom. The van der Waals surface area contributed by atoms with Gasteiger partial charge in [-0.25, -0.2) is 0 Å². The number of aromatic nitrogens is 2. The van der Waals surface area contributed by atoms with Crippen molar-refractivity contribution < 1.29 is 9.63 Å². The van der Waals surface area contributed by atoms with E-state index in [0.717, 1.165) is 13.0 Å². The van der Waals surface area contributed by atoms with E-state index in [1.807, 2.05) is 0 Å². The van der Waals surface area contributed by atoms with Crippen molar-refractivity contribution >= 4 is 0 Å². The van der Waals surface area contributed by atoms with Gasteiger partial charge in [-0.3, -0.25) is 4.90 Å². The molecule has 0 aliphatic carbocycles. The third kappa shape index (κ3) is 4.72. The van der Waals surface area contributed by atoms with Crippen molar-refractivity contribution in [3.63, 3.8) is 0 Å². The first-order valence-corrected chi connectivity index (χ1v) is 5.88. The second-order valence-corrected chi connectivity index (χ2v) is 3.94. The second-order valence-electron chi connectivity index (χ2n) is 3.94. The van der Waals surface area contributed by atoms with Crippen LogP contribution in [0.2, 0.25) is 0 Å². The van der Waals surface area contributed by atoms with Crippen LogP contribution in [0.4, 0.5) is 0 Å². The van der Waals surface area contributed by atoms with Gasteiger partial charge < -0.3 is 9.63 Å². The van der Waals surface area contributed by atoms with Crippen LogP contribution in [0, 0.1) is 6.92 Å². The highest BCUT2D eigenvalue weighted by atomic mass is 16.5. The maximum Gasteiger partial charge on any atom is 0.223 e. The van der Waals surface area contributed by atoms with Gasteiger partial charge in [0.2, 0.25) is 5.89 Å². The number of unbranched alkanes of at least 4 members (excludes halogenated alkanes) is 2. The summed E-state index contributed by atoms with van der Waals surface area (Å²) in [5.74, 6) is 1.29. The molecule has 0 atom stereocenters. The average molecular weight is 227 g/mol. The molecular weight excluding hydrogens is 206 g/mol. The molecule has 1 aromatic rings. The van der Waals surface area contributed by atoms with Crippen LogP contribution in [0.15, 0.2) is 4.52 Å². The van der Waals surface area contributed by atoms with Crippen LogP contribution in [0.25, 0.3) is 0 Å². The molecule has 1 N–H and O–H groups in total. The molecule has 92 valence electrons. The molecule has 0 aliphatic rings. The molecule has 1 heterocycles. The fourth-order valence-electron chi connectivity index (χ4n) is 1.60. The Labute approximate surface area is 96.5 Å². The lowest BCUT2D eigenvalue weighted by Crippen LogP contribution is -2.28. The fraction of sp³-hybridized carbons (Fsp3) is 0.818. The summed E-state index contributed by atoms with van der Waals surface area (Å²) in [4.78, 5) is 6.31. The molecule has 1 aromatic heterocycles. The molecule has 0 unspecified atom stereocenters. The van der Waals surface area contributed by atoms with Crippen molar-refractivity contribution in [3.05, 3.63) is 11.7 Å². The minimum atomic E-state index is 0.170. The lowest BCUT2D eigenvalue weighted by Gasteiger charge is -2.18. The van der Waals surface area contributed by atoms with E-state index >= 15 is 0 Å². The zero-order chi connectivity index (χ0) is 11.8. The summed E-state index contributed by atoms with van der Waals surface area (Å²) in [6.07, 6.45) is 3.56. The minimum Gasteiger partial charge on any atom is -0.395 e. The molecule has 5 nitrogen and oxygen atoms in total. The maximum absolute atomic E-state index is 8.97. The molecule has 1 rings (SSSR count). The Morgan fingerprint density at radius 3 is 2.69 bits per heavy atom. The molecule has 0 aromatic carbocycles. The fourth-order valence-corrected chi connectivity index (χ4v) is 1.60. The maximum atomic E-state index is 8.97.